The van der Waals surface area contributed by atoms with Gasteiger partial charge in [-0.3, -0.25) is 9.59 Å². The number of nitrogens with one attached hydrogen (secondary N) is 1. The SMILES string of the molecule is O=C(NCC1(C(=O)O)CC1)c1ccc(SC(F)(F)F)cc1. The molecule has 2 rings (SSSR count). The predicted octanol–water partition coefficient (Wildman–Crippen LogP) is 2.89. The second kappa shape index (κ2) is 5.59. The zero-order chi connectivity index (χ0) is 15.7. The molecular weight excluding hydrogens is 307 g/mol. The third-order valence-corrected chi connectivity index (χ3v) is 3.98. The van der Waals surface area contributed by atoms with Crippen LogP contribution in [-0.2, 0) is 4.79 Å². The predicted molar refractivity (Wildman–Crippen MR) is 70.0 cm³/mol. The summed E-state index contributed by atoms with van der Waals surface area (Å²) in [6.45, 7) is 0.0280. The van der Waals surface area contributed by atoms with E-state index in [9.17, 15) is 22.8 Å². The second-order valence-electron chi connectivity index (χ2n) is 4.84. The quantitative estimate of drug-likeness (QED) is 0.819. The van der Waals surface area contributed by atoms with Gasteiger partial charge in [-0.2, -0.15) is 13.2 Å². The number of amides is 1. The fourth-order valence-corrected chi connectivity index (χ4v) is 2.32. The van der Waals surface area contributed by atoms with Crippen molar-refractivity contribution >= 4 is 23.6 Å². The minimum atomic E-state index is -4.37. The van der Waals surface area contributed by atoms with Crippen molar-refractivity contribution < 1.29 is 27.9 Å². The molecule has 0 heterocycles. The van der Waals surface area contributed by atoms with Crippen molar-refractivity contribution in [1.29, 1.82) is 0 Å². The van der Waals surface area contributed by atoms with Gasteiger partial charge in [0, 0.05) is 17.0 Å². The molecule has 1 aromatic rings. The number of thioether (sulfide) groups is 1. The number of rotatable bonds is 5. The van der Waals surface area contributed by atoms with Gasteiger partial charge in [0.05, 0.1) is 5.41 Å². The van der Waals surface area contributed by atoms with E-state index in [2.05, 4.69) is 5.32 Å². The summed E-state index contributed by atoms with van der Waals surface area (Å²) in [6, 6.07) is 4.97. The van der Waals surface area contributed by atoms with E-state index >= 15 is 0 Å². The maximum absolute atomic E-state index is 12.2. The van der Waals surface area contributed by atoms with Crippen molar-refractivity contribution in [3.8, 4) is 0 Å². The first kappa shape index (κ1) is 15.7. The van der Waals surface area contributed by atoms with Crippen LogP contribution in [0, 0.1) is 5.41 Å². The topological polar surface area (TPSA) is 66.4 Å². The van der Waals surface area contributed by atoms with Crippen LogP contribution >= 0.6 is 11.8 Å². The molecule has 0 atom stereocenters. The van der Waals surface area contributed by atoms with Gasteiger partial charge in [-0.05, 0) is 48.9 Å². The minimum Gasteiger partial charge on any atom is -0.481 e. The molecule has 8 heteroatoms. The monoisotopic (exact) mass is 319 g/mol. The molecule has 1 aliphatic rings. The summed E-state index contributed by atoms with van der Waals surface area (Å²) >= 11 is -0.257. The van der Waals surface area contributed by atoms with Gasteiger partial charge < -0.3 is 10.4 Å². The number of hydrogen-bond donors (Lipinski definition) is 2. The Labute approximate surface area is 122 Å². The van der Waals surface area contributed by atoms with Crippen LogP contribution in [0.25, 0.3) is 0 Å². The molecule has 0 aromatic heterocycles. The number of carbonyl (C=O) groups excluding carboxylic acids is 1. The van der Waals surface area contributed by atoms with E-state index in [1.54, 1.807) is 0 Å². The average molecular weight is 319 g/mol. The Balaban J connectivity index is 1.93. The van der Waals surface area contributed by atoms with E-state index in [-0.39, 0.29) is 28.8 Å². The summed E-state index contributed by atoms with van der Waals surface area (Å²) in [5.41, 5.74) is -5.05. The second-order valence-corrected chi connectivity index (χ2v) is 5.98. The summed E-state index contributed by atoms with van der Waals surface area (Å²) in [5, 5.41) is 11.5. The lowest BCUT2D eigenvalue weighted by Crippen LogP contribution is -2.34. The molecule has 1 saturated carbocycles. The largest absolute Gasteiger partial charge is 0.481 e. The fraction of sp³-hybridized carbons (Fsp3) is 0.385. The molecule has 0 aliphatic heterocycles. The van der Waals surface area contributed by atoms with E-state index in [1.807, 2.05) is 0 Å². The van der Waals surface area contributed by atoms with Crippen LogP contribution in [0.2, 0.25) is 0 Å². The van der Waals surface area contributed by atoms with Gasteiger partial charge in [0.1, 0.15) is 0 Å². The molecule has 21 heavy (non-hydrogen) atoms. The van der Waals surface area contributed by atoms with Crippen LogP contribution in [0.1, 0.15) is 23.2 Å². The smallest absolute Gasteiger partial charge is 0.446 e. The summed E-state index contributed by atoms with van der Waals surface area (Å²) in [7, 11) is 0. The van der Waals surface area contributed by atoms with Crippen molar-refractivity contribution in [2.24, 2.45) is 5.41 Å². The Morgan fingerprint density at radius 2 is 1.81 bits per heavy atom. The number of carboxylic acids is 1. The first-order chi connectivity index (χ1) is 9.72. The fourth-order valence-electron chi connectivity index (χ4n) is 1.78. The highest BCUT2D eigenvalue weighted by Crippen LogP contribution is 2.45. The lowest BCUT2D eigenvalue weighted by molar-refractivity contribution is -0.143. The van der Waals surface area contributed by atoms with Gasteiger partial charge >= 0.3 is 11.5 Å². The molecule has 1 amide bonds. The number of aliphatic carboxylic acids is 1. The number of hydrogen-bond acceptors (Lipinski definition) is 3. The van der Waals surface area contributed by atoms with Crippen molar-refractivity contribution in [3.63, 3.8) is 0 Å². The summed E-state index contributed by atoms with van der Waals surface area (Å²) in [4.78, 5) is 22.7. The molecular formula is C13H12F3NO3S. The van der Waals surface area contributed by atoms with Gasteiger partial charge in [-0.15, -0.1) is 0 Å². The molecule has 0 unspecified atom stereocenters. The van der Waals surface area contributed by atoms with E-state index in [0.29, 0.717) is 12.8 Å². The van der Waals surface area contributed by atoms with E-state index in [1.165, 1.54) is 24.3 Å². The third kappa shape index (κ3) is 4.13. The van der Waals surface area contributed by atoms with Gasteiger partial charge in [0.2, 0.25) is 0 Å². The number of alkyl halides is 3. The average Bonchev–Trinajstić information content (AvgIpc) is 3.16. The Kier molecular flexibility index (Phi) is 4.18. The van der Waals surface area contributed by atoms with Crippen LogP contribution in [0.5, 0.6) is 0 Å². The number of benzene rings is 1. The van der Waals surface area contributed by atoms with Crippen molar-refractivity contribution in [2.45, 2.75) is 23.2 Å². The van der Waals surface area contributed by atoms with E-state index in [4.69, 9.17) is 5.11 Å². The molecule has 2 N–H and O–H groups in total. The van der Waals surface area contributed by atoms with Crippen molar-refractivity contribution in [2.75, 3.05) is 6.54 Å². The maximum Gasteiger partial charge on any atom is 0.446 e. The number of carbonyl (C=O) groups is 2. The molecule has 114 valence electrons. The Bertz CT molecular complexity index is 553. The zero-order valence-corrected chi connectivity index (χ0v) is 11.6. The maximum atomic E-state index is 12.2. The van der Waals surface area contributed by atoms with Crippen LogP contribution in [0.3, 0.4) is 0 Å². The Morgan fingerprint density at radius 3 is 2.24 bits per heavy atom. The minimum absolute atomic E-state index is 0.0109. The highest BCUT2D eigenvalue weighted by atomic mass is 32.2. The third-order valence-electron chi connectivity index (χ3n) is 3.24. The first-order valence-electron chi connectivity index (χ1n) is 6.09. The Hall–Kier alpha value is -1.70. The van der Waals surface area contributed by atoms with Crippen molar-refractivity contribution in [1.82, 2.24) is 5.32 Å². The highest BCUT2D eigenvalue weighted by molar-refractivity contribution is 8.00. The van der Waals surface area contributed by atoms with Gasteiger partial charge in [-0.1, -0.05) is 0 Å². The molecule has 0 bridgehead atoms. The number of halogens is 3. The number of carboxylic acid groups (broad SMARTS) is 1. The van der Waals surface area contributed by atoms with Crippen LogP contribution < -0.4 is 5.32 Å². The lowest BCUT2D eigenvalue weighted by atomic mass is 10.1. The molecule has 0 saturated heterocycles. The Morgan fingerprint density at radius 1 is 1.24 bits per heavy atom. The normalized spacial score (nSPS) is 16.3. The molecule has 0 spiro atoms. The van der Waals surface area contributed by atoms with Gasteiger partial charge in [-0.25, -0.2) is 0 Å². The van der Waals surface area contributed by atoms with Crippen LogP contribution in [0.4, 0.5) is 13.2 Å². The summed E-state index contributed by atoms with van der Waals surface area (Å²) in [5.74, 6) is -1.44. The lowest BCUT2D eigenvalue weighted by Gasteiger charge is -2.11. The molecule has 1 fully saturated rings. The van der Waals surface area contributed by atoms with Gasteiger partial charge in [0.15, 0.2) is 0 Å². The molecule has 0 radical (unpaired) electrons. The zero-order valence-electron chi connectivity index (χ0n) is 10.7. The van der Waals surface area contributed by atoms with Gasteiger partial charge in [0.25, 0.3) is 5.91 Å². The van der Waals surface area contributed by atoms with Crippen LogP contribution in [0.15, 0.2) is 29.2 Å². The molecule has 4 nitrogen and oxygen atoms in total. The van der Waals surface area contributed by atoms with Crippen molar-refractivity contribution in [3.05, 3.63) is 29.8 Å². The first-order valence-corrected chi connectivity index (χ1v) is 6.91. The van der Waals surface area contributed by atoms with Crippen LogP contribution in [-0.4, -0.2) is 29.0 Å². The molecule has 1 aliphatic carbocycles. The molecule has 1 aromatic carbocycles. The summed E-state index contributed by atoms with van der Waals surface area (Å²) < 4.78 is 36.5. The van der Waals surface area contributed by atoms with E-state index < -0.39 is 22.8 Å². The van der Waals surface area contributed by atoms with E-state index in [0.717, 1.165) is 0 Å². The standard InChI is InChI=1S/C13H12F3NO3S/c14-13(15,16)21-9-3-1-8(2-4-9)10(18)17-7-12(5-6-12)11(19)20/h1-4H,5-7H2,(H,17,18)(H,19,20). The summed E-state index contributed by atoms with van der Waals surface area (Å²) in [6.07, 6.45) is 1.04. The highest BCUT2D eigenvalue weighted by Gasteiger charge is 2.50.